The molecule has 1 aliphatic heterocycles. The van der Waals surface area contributed by atoms with Crippen LogP contribution in [0.3, 0.4) is 0 Å². The topological polar surface area (TPSA) is 88.3 Å². The zero-order valence-electron chi connectivity index (χ0n) is 19.3. The maximum absolute atomic E-state index is 13.4. The van der Waals surface area contributed by atoms with Gasteiger partial charge in [0.05, 0.1) is 22.3 Å². The molecular formula is C25H30N4O3S. The average molecular weight is 467 g/mol. The molecule has 1 saturated heterocycles. The number of nitrogens with zero attached hydrogens (tertiary/aromatic N) is 3. The summed E-state index contributed by atoms with van der Waals surface area (Å²) in [6, 6.07) is 7.71. The summed E-state index contributed by atoms with van der Waals surface area (Å²) in [4.78, 5) is 37.8. The molecule has 2 amide bonds. The highest BCUT2D eigenvalue weighted by Crippen LogP contribution is 2.29. The van der Waals surface area contributed by atoms with Crippen molar-refractivity contribution >= 4 is 23.2 Å². The molecule has 7 nitrogen and oxygen atoms in total. The summed E-state index contributed by atoms with van der Waals surface area (Å²) in [6.07, 6.45) is 4.61. The van der Waals surface area contributed by atoms with Crippen LogP contribution < -0.4 is 5.32 Å². The predicted octanol–water partition coefficient (Wildman–Crippen LogP) is 4.61. The second kappa shape index (κ2) is 10.3. The van der Waals surface area contributed by atoms with Crippen LogP contribution >= 0.6 is 11.3 Å². The zero-order chi connectivity index (χ0) is 23.4. The molecule has 1 aromatic carbocycles. The smallest absolute Gasteiger partial charge is 0.243 e. The van der Waals surface area contributed by atoms with Gasteiger partial charge in [0.15, 0.2) is 0 Å². The molecule has 0 unspecified atom stereocenters. The number of hydrogen-bond donors (Lipinski definition) is 1. The number of carbonyl (C=O) groups is 2. The number of carbonyl (C=O) groups excluding carboxylic acids is 2. The van der Waals surface area contributed by atoms with Gasteiger partial charge in [-0.25, -0.2) is 9.97 Å². The number of hydrogen-bond acceptors (Lipinski definition) is 6. The molecule has 174 valence electrons. The first kappa shape index (κ1) is 23.2. The van der Waals surface area contributed by atoms with Crippen molar-refractivity contribution in [1.29, 1.82) is 0 Å². The Morgan fingerprint density at radius 2 is 2.03 bits per heavy atom. The van der Waals surface area contributed by atoms with Crippen molar-refractivity contribution < 1.29 is 14.0 Å². The van der Waals surface area contributed by atoms with Crippen molar-refractivity contribution in [3.05, 3.63) is 58.9 Å². The molecule has 0 bridgehead atoms. The van der Waals surface area contributed by atoms with Gasteiger partial charge in [-0.15, -0.1) is 11.3 Å². The van der Waals surface area contributed by atoms with E-state index in [9.17, 15) is 9.59 Å². The van der Waals surface area contributed by atoms with E-state index >= 15 is 0 Å². The van der Waals surface area contributed by atoms with E-state index in [0.717, 1.165) is 34.5 Å². The van der Waals surface area contributed by atoms with Gasteiger partial charge >= 0.3 is 0 Å². The van der Waals surface area contributed by atoms with Crippen molar-refractivity contribution in [3.8, 4) is 10.4 Å². The molecular weight excluding hydrogens is 436 g/mol. The number of nitrogens with one attached hydrogen (secondary N) is 1. The highest BCUT2D eigenvalue weighted by atomic mass is 32.1. The third-order valence-electron chi connectivity index (χ3n) is 6.08. The van der Waals surface area contributed by atoms with E-state index in [0.29, 0.717) is 37.6 Å². The van der Waals surface area contributed by atoms with Gasteiger partial charge < -0.3 is 14.6 Å². The summed E-state index contributed by atoms with van der Waals surface area (Å²) in [7, 11) is 0. The first-order valence-corrected chi connectivity index (χ1v) is 12.4. The Morgan fingerprint density at radius 3 is 2.67 bits per heavy atom. The Balaban J connectivity index is 1.39. The minimum Gasteiger partial charge on any atom is -0.445 e. The summed E-state index contributed by atoms with van der Waals surface area (Å²) in [6.45, 7) is 6.87. The summed E-state index contributed by atoms with van der Waals surface area (Å²) in [5, 5.41) is 3.02. The van der Waals surface area contributed by atoms with E-state index in [1.54, 1.807) is 22.4 Å². The van der Waals surface area contributed by atoms with E-state index in [2.05, 4.69) is 27.4 Å². The lowest BCUT2D eigenvalue weighted by molar-refractivity contribution is -0.140. The molecule has 1 aliphatic rings. The fourth-order valence-corrected chi connectivity index (χ4v) is 5.15. The fourth-order valence-electron chi connectivity index (χ4n) is 4.34. The molecule has 4 rings (SSSR count). The Kier molecular flexibility index (Phi) is 7.23. The summed E-state index contributed by atoms with van der Waals surface area (Å²) in [5.74, 6) is 0.510. The SMILES string of the molecule is CCC[C@@H](C(=O)N1CCC[C@H]1C(=O)NCc1ccc(-c2scnc2C)cc1)c1ncc(C)o1. The van der Waals surface area contributed by atoms with Crippen LogP contribution in [0.4, 0.5) is 0 Å². The van der Waals surface area contributed by atoms with Gasteiger partial charge in [0, 0.05) is 13.1 Å². The first-order chi connectivity index (χ1) is 16.0. The first-order valence-electron chi connectivity index (χ1n) is 11.5. The lowest BCUT2D eigenvalue weighted by Crippen LogP contribution is -2.47. The van der Waals surface area contributed by atoms with Crippen LogP contribution in [0.5, 0.6) is 0 Å². The Bertz CT molecular complexity index is 1110. The van der Waals surface area contributed by atoms with Gasteiger partial charge in [-0.05, 0) is 44.2 Å². The minimum atomic E-state index is -0.452. The molecule has 2 aromatic heterocycles. The van der Waals surface area contributed by atoms with Crippen LogP contribution in [-0.4, -0.2) is 39.3 Å². The number of benzene rings is 1. The van der Waals surface area contributed by atoms with Crippen LogP contribution in [0.25, 0.3) is 10.4 Å². The molecule has 8 heteroatoms. The molecule has 1 fully saturated rings. The van der Waals surface area contributed by atoms with Crippen LogP contribution in [0.2, 0.25) is 0 Å². The molecule has 0 aliphatic carbocycles. The lowest BCUT2D eigenvalue weighted by atomic mass is 10.0. The molecule has 0 saturated carbocycles. The van der Waals surface area contributed by atoms with Crippen LogP contribution in [0.15, 0.2) is 40.4 Å². The van der Waals surface area contributed by atoms with Gasteiger partial charge in [-0.2, -0.15) is 0 Å². The quantitative estimate of drug-likeness (QED) is 0.524. The molecule has 1 N–H and O–H groups in total. The van der Waals surface area contributed by atoms with Gasteiger partial charge in [-0.3, -0.25) is 9.59 Å². The minimum absolute atomic E-state index is 0.0689. The second-order valence-corrected chi connectivity index (χ2v) is 9.38. The van der Waals surface area contributed by atoms with Crippen LogP contribution in [-0.2, 0) is 16.1 Å². The van der Waals surface area contributed by atoms with E-state index in [-0.39, 0.29) is 11.8 Å². The van der Waals surface area contributed by atoms with E-state index in [1.807, 2.05) is 38.4 Å². The molecule has 0 spiro atoms. The normalized spacial score (nSPS) is 16.7. The molecule has 3 heterocycles. The Hall–Kier alpha value is -3.00. The van der Waals surface area contributed by atoms with E-state index in [4.69, 9.17) is 4.42 Å². The van der Waals surface area contributed by atoms with Gasteiger partial charge in [0.2, 0.25) is 17.7 Å². The van der Waals surface area contributed by atoms with Crippen LogP contribution in [0, 0.1) is 13.8 Å². The maximum atomic E-state index is 13.4. The molecule has 3 aromatic rings. The van der Waals surface area contributed by atoms with Crippen molar-refractivity contribution in [2.45, 2.75) is 65.0 Å². The highest BCUT2D eigenvalue weighted by molar-refractivity contribution is 7.13. The van der Waals surface area contributed by atoms with Crippen molar-refractivity contribution in [2.24, 2.45) is 0 Å². The van der Waals surface area contributed by atoms with Crippen molar-refractivity contribution in [3.63, 3.8) is 0 Å². The number of thiazole rings is 1. The van der Waals surface area contributed by atoms with E-state index in [1.165, 1.54) is 0 Å². The predicted molar refractivity (Wildman–Crippen MR) is 128 cm³/mol. The number of aryl methyl sites for hydroxylation is 2. The summed E-state index contributed by atoms with van der Waals surface area (Å²) < 4.78 is 5.66. The second-order valence-electron chi connectivity index (χ2n) is 8.52. The highest BCUT2D eigenvalue weighted by Gasteiger charge is 2.38. The van der Waals surface area contributed by atoms with Crippen LogP contribution in [0.1, 0.15) is 61.4 Å². The number of aromatic nitrogens is 2. The van der Waals surface area contributed by atoms with Crippen molar-refractivity contribution in [1.82, 2.24) is 20.2 Å². The Labute approximate surface area is 198 Å². The number of oxazole rings is 1. The third-order valence-corrected chi connectivity index (χ3v) is 7.06. The molecule has 33 heavy (non-hydrogen) atoms. The zero-order valence-corrected chi connectivity index (χ0v) is 20.2. The number of rotatable bonds is 8. The monoisotopic (exact) mass is 466 g/mol. The molecule has 0 radical (unpaired) electrons. The largest absolute Gasteiger partial charge is 0.445 e. The molecule has 2 atom stereocenters. The van der Waals surface area contributed by atoms with Gasteiger partial charge in [0.1, 0.15) is 17.7 Å². The van der Waals surface area contributed by atoms with Crippen molar-refractivity contribution in [2.75, 3.05) is 6.54 Å². The Morgan fingerprint density at radius 1 is 1.24 bits per heavy atom. The van der Waals surface area contributed by atoms with Gasteiger partial charge in [-0.1, -0.05) is 37.6 Å². The standard InChI is InChI=1S/C25H30N4O3S/c1-4-6-20(24-27-13-16(2)32-24)25(31)29-12-5-7-21(29)23(30)26-14-18-8-10-19(11-9-18)22-17(3)28-15-33-22/h8-11,13,15,20-21H,4-7,12,14H2,1-3H3,(H,26,30)/t20-,21+/m1/s1. The summed E-state index contributed by atoms with van der Waals surface area (Å²) >= 11 is 1.62. The van der Waals surface area contributed by atoms with E-state index < -0.39 is 12.0 Å². The maximum Gasteiger partial charge on any atom is 0.243 e. The number of likely N-dealkylation sites (tertiary alicyclic amines) is 1. The third kappa shape index (κ3) is 5.16. The number of amides is 2. The van der Waals surface area contributed by atoms with Gasteiger partial charge in [0.25, 0.3) is 0 Å². The average Bonchev–Trinajstić information content (AvgIpc) is 3.57. The summed E-state index contributed by atoms with van der Waals surface area (Å²) in [5.41, 5.74) is 5.01. The fraction of sp³-hybridized carbons (Fsp3) is 0.440. The lowest BCUT2D eigenvalue weighted by Gasteiger charge is -2.27.